The molecular weight excluding hydrogens is 342 g/mol. The molecule has 0 radical (unpaired) electrons. The Morgan fingerprint density at radius 2 is 2.00 bits per heavy atom. The van der Waals surface area contributed by atoms with E-state index in [1.54, 1.807) is 23.7 Å². The van der Waals surface area contributed by atoms with Crippen molar-refractivity contribution in [1.29, 1.82) is 0 Å². The molecule has 0 atom stereocenters. The molecule has 1 aromatic carbocycles. The van der Waals surface area contributed by atoms with Gasteiger partial charge < -0.3 is 5.32 Å². The number of pyridine rings is 1. The van der Waals surface area contributed by atoms with Gasteiger partial charge in [-0.2, -0.15) is 0 Å². The highest BCUT2D eigenvalue weighted by molar-refractivity contribution is 7.13. The van der Waals surface area contributed by atoms with Gasteiger partial charge in [-0.1, -0.05) is 36.8 Å². The van der Waals surface area contributed by atoms with E-state index in [1.165, 1.54) is 12.0 Å². The van der Waals surface area contributed by atoms with Gasteiger partial charge in [0.2, 0.25) is 5.91 Å². The van der Waals surface area contributed by atoms with Gasteiger partial charge >= 0.3 is 0 Å². The maximum absolute atomic E-state index is 12.4. The van der Waals surface area contributed by atoms with Crippen LogP contribution < -0.4 is 5.32 Å². The van der Waals surface area contributed by atoms with E-state index in [0.717, 1.165) is 29.1 Å². The van der Waals surface area contributed by atoms with E-state index >= 15 is 0 Å². The maximum Gasteiger partial charge on any atom is 0.226 e. The summed E-state index contributed by atoms with van der Waals surface area (Å²) in [5.41, 5.74) is 3.24. The number of amides is 1. The van der Waals surface area contributed by atoms with Crippen molar-refractivity contribution < 1.29 is 4.79 Å². The smallest absolute Gasteiger partial charge is 0.226 e. The van der Waals surface area contributed by atoms with Crippen LogP contribution in [-0.2, 0) is 16.6 Å². The van der Waals surface area contributed by atoms with E-state index in [1.807, 2.05) is 23.6 Å². The summed E-state index contributed by atoms with van der Waals surface area (Å²) < 4.78 is 0. The molecule has 3 aromatic rings. The van der Waals surface area contributed by atoms with Gasteiger partial charge in [0.05, 0.1) is 12.1 Å². The summed E-state index contributed by atoms with van der Waals surface area (Å²) in [7, 11) is 0. The predicted octanol–water partition coefficient (Wildman–Crippen LogP) is 3.99. The topological polar surface area (TPSA) is 54.9 Å². The minimum absolute atomic E-state index is 0.0373. The second-order valence-corrected chi connectivity index (χ2v) is 7.70. The summed E-state index contributed by atoms with van der Waals surface area (Å²) in [4.78, 5) is 21.1. The Labute approximate surface area is 157 Å². The largest absolute Gasteiger partial charge is 0.355 e. The second-order valence-electron chi connectivity index (χ2n) is 6.84. The SMILES string of the molecule is O=C(Cc1csc(-c2cccnc2)n1)NCC1(c2ccccc2)CCC1. The van der Waals surface area contributed by atoms with Crippen LogP contribution in [-0.4, -0.2) is 22.4 Å². The van der Waals surface area contributed by atoms with Gasteiger partial charge in [-0.25, -0.2) is 4.98 Å². The van der Waals surface area contributed by atoms with Crippen LogP contribution in [0.3, 0.4) is 0 Å². The third-order valence-electron chi connectivity index (χ3n) is 5.12. The lowest BCUT2D eigenvalue weighted by Gasteiger charge is -2.42. The van der Waals surface area contributed by atoms with E-state index in [-0.39, 0.29) is 11.3 Å². The van der Waals surface area contributed by atoms with Crippen molar-refractivity contribution in [1.82, 2.24) is 15.3 Å². The average molecular weight is 363 g/mol. The van der Waals surface area contributed by atoms with Gasteiger partial charge in [0.25, 0.3) is 0 Å². The normalized spacial score (nSPS) is 15.2. The first-order chi connectivity index (χ1) is 12.8. The van der Waals surface area contributed by atoms with Crippen LogP contribution in [0.4, 0.5) is 0 Å². The van der Waals surface area contributed by atoms with Crippen molar-refractivity contribution in [2.45, 2.75) is 31.1 Å². The molecule has 4 nitrogen and oxygen atoms in total. The third kappa shape index (κ3) is 3.53. The van der Waals surface area contributed by atoms with Crippen molar-refractivity contribution in [3.8, 4) is 10.6 Å². The van der Waals surface area contributed by atoms with E-state index < -0.39 is 0 Å². The molecule has 1 aliphatic rings. The first-order valence-corrected chi connectivity index (χ1v) is 9.80. The Kier molecular flexibility index (Phi) is 4.80. The zero-order valence-electron chi connectivity index (χ0n) is 14.5. The molecule has 0 saturated heterocycles. The molecule has 1 aliphatic carbocycles. The Hall–Kier alpha value is -2.53. The number of hydrogen-bond donors (Lipinski definition) is 1. The molecule has 1 amide bonds. The average Bonchev–Trinajstić information content (AvgIpc) is 3.11. The molecule has 1 N–H and O–H groups in total. The first kappa shape index (κ1) is 16.9. The molecule has 0 aliphatic heterocycles. The Bertz CT molecular complexity index is 873. The molecule has 1 saturated carbocycles. The fraction of sp³-hybridized carbons (Fsp3) is 0.286. The summed E-state index contributed by atoms with van der Waals surface area (Å²) in [5.74, 6) is 0.0373. The van der Waals surface area contributed by atoms with Gasteiger partial charge in [-0.15, -0.1) is 11.3 Å². The highest BCUT2D eigenvalue weighted by Gasteiger charge is 2.38. The Balaban J connectivity index is 1.37. The molecule has 0 bridgehead atoms. The van der Waals surface area contributed by atoms with Gasteiger partial charge in [0, 0.05) is 35.3 Å². The number of benzene rings is 1. The van der Waals surface area contributed by atoms with Gasteiger partial charge in [-0.3, -0.25) is 9.78 Å². The van der Waals surface area contributed by atoms with Crippen LogP contribution in [0, 0.1) is 0 Å². The zero-order chi connectivity index (χ0) is 17.8. The fourth-order valence-corrected chi connectivity index (χ4v) is 4.28. The van der Waals surface area contributed by atoms with E-state index in [2.05, 4.69) is 39.6 Å². The molecule has 2 heterocycles. The predicted molar refractivity (Wildman–Crippen MR) is 104 cm³/mol. The molecule has 0 spiro atoms. The van der Waals surface area contributed by atoms with E-state index in [0.29, 0.717) is 13.0 Å². The summed E-state index contributed by atoms with van der Waals surface area (Å²) >= 11 is 1.55. The lowest BCUT2D eigenvalue weighted by molar-refractivity contribution is -0.120. The first-order valence-electron chi connectivity index (χ1n) is 8.92. The van der Waals surface area contributed by atoms with Crippen LogP contribution in [0.5, 0.6) is 0 Å². The maximum atomic E-state index is 12.4. The molecule has 1 fully saturated rings. The van der Waals surface area contributed by atoms with Crippen molar-refractivity contribution in [3.05, 3.63) is 71.5 Å². The second kappa shape index (κ2) is 7.38. The monoisotopic (exact) mass is 363 g/mol. The number of nitrogens with zero attached hydrogens (tertiary/aromatic N) is 2. The van der Waals surface area contributed by atoms with E-state index in [4.69, 9.17) is 0 Å². The standard InChI is InChI=1S/C21H21N3OS/c25-19(12-18-14-26-20(24-18)16-6-4-11-22-13-16)23-15-21(9-5-10-21)17-7-2-1-3-8-17/h1-4,6-8,11,13-14H,5,9-10,12,15H2,(H,23,25). The summed E-state index contributed by atoms with van der Waals surface area (Å²) in [6.45, 7) is 0.704. The van der Waals surface area contributed by atoms with Gasteiger partial charge in [0.15, 0.2) is 0 Å². The number of hydrogen-bond acceptors (Lipinski definition) is 4. The minimum atomic E-state index is 0.0373. The molecule has 2 aromatic heterocycles. The molecule has 26 heavy (non-hydrogen) atoms. The lowest BCUT2D eigenvalue weighted by Crippen LogP contribution is -2.45. The summed E-state index contributed by atoms with van der Waals surface area (Å²) in [5, 5.41) is 5.99. The minimum Gasteiger partial charge on any atom is -0.355 e. The van der Waals surface area contributed by atoms with Crippen molar-refractivity contribution in [2.75, 3.05) is 6.54 Å². The zero-order valence-corrected chi connectivity index (χ0v) is 15.3. The number of nitrogens with one attached hydrogen (secondary N) is 1. The number of aromatic nitrogens is 2. The quantitative estimate of drug-likeness (QED) is 0.720. The Morgan fingerprint density at radius 3 is 2.69 bits per heavy atom. The van der Waals surface area contributed by atoms with Crippen LogP contribution in [0.25, 0.3) is 10.6 Å². The lowest BCUT2D eigenvalue weighted by atomic mass is 9.64. The molecule has 0 unspecified atom stereocenters. The summed E-state index contributed by atoms with van der Waals surface area (Å²) in [6.07, 6.45) is 7.36. The van der Waals surface area contributed by atoms with Crippen LogP contribution in [0.2, 0.25) is 0 Å². The van der Waals surface area contributed by atoms with Crippen LogP contribution in [0.15, 0.2) is 60.2 Å². The van der Waals surface area contributed by atoms with Gasteiger partial charge in [-0.05, 0) is 30.5 Å². The molecular formula is C21H21N3OS. The van der Waals surface area contributed by atoms with Crippen molar-refractivity contribution in [2.24, 2.45) is 0 Å². The fourth-order valence-electron chi connectivity index (χ4n) is 3.47. The summed E-state index contributed by atoms with van der Waals surface area (Å²) in [6, 6.07) is 14.4. The number of thiazole rings is 1. The Morgan fingerprint density at radius 1 is 1.15 bits per heavy atom. The molecule has 5 heteroatoms. The highest BCUT2D eigenvalue weighted by atomic mass is 32.1. The number of carbonyl (C=O) groups excluding carboxylic acids is 1. The van der Waals surface area contributed by atoms with Gasteiger partial charge in [0.1, 0.15) is 5.01 Å². The third-order valence-corrected chi connectivity index (χ3v) is 6.06. The molecule has 4 rings (SSSR count). The van der Waals surface area contributed by atoms with Crippen molar-refractivity contribution >= 4 is 17.2 Å². The number of rotatable bonds is 6. The highest BCUT2D eigenvalue weighted by Crippen LogP contribution is 2.43. The molecule has 132 valence electrons. The number of carbonyl (C=O) groups is 1. The van der Waals surface area contributed by atoms with Crippen LogP contribution in [0.1, 0.15) is 30.5 Å². The van der Waals surface area contributed by atoms with E-state index in [9.17, 15) is 4.79 Å². The van der Waals surface area contributed by atoms with Crippen LogP contribution >= 0.6 is 11.3 Å². The van der Waals surface area contributed by atoms with Crippen molar-refractivity contribution in [3.63, 3.8) is 0 Å².